The second-order valence-electron chi connectivity index (χ2n) is 24.7. The van der Waals surface area contributed by atoms with Crippen molar-refractivity contribution >= 4 is 61.6 Å². The molecule has 91 heavy (non-hydrogen) atoms. The molecule has 0 fully saturated rings. The SMILES string of the molecule is c1ccc(-n2c3ccccc3c3c(-c4ccc(N(c5ccc(-c6ccc7c(c6)C6(c8ccccc8-c8ccccc86)c6ccccc6-7)cc5)c5ccc(-c6ccc7c(c6)C6(c8ccccc8-c8ccccc86)c6ccccc6-7)cc5)c5nsnc45)cccc32)cc1. The molecule has 2 aromatic heterocycles. The van der Waals surface area contributed by atoms with Gasteiger partial charge in [-0.1, -0.05) is 243 Å². The predicted octanol–water partition coefficient (Wildman–Crippen LogP) is 21.9. The highest BCUT2D eigenvalue weighted by molar-refractivity contribution is 7.00. The third kappa shape index (κ3) is 6.77. The summed E-state index contributed by atoms with van der Waals surface area (Å²) in [4.78, 5) is 2.38. The van der Waals surface area contributed by atoms with E-state index in [2.05, 4.69) is 325 Å². The van der Waals surface area contributed by atoms with Crippen LogP contribution in [0.1, 0.15) is 44.5 Å². The van der Waals surface area contributed by atoms with Gasteiger partial charge in [0, 0.05) is 33.4 Å². The lowest BCUT2D eigenvalue weighted by atomic mass is 9.70. The van der Waals surface area contributed by atoms with E-state index in [1.807, 2.05) is 0 Å². The number of nitrogens with zero attached hydrogens (tertiary/aromatic N) is 4. The van der Waals surface area contributed by atoms with Crippen LogP contribution >= 0.6 is 11.7 Å². The zero-order valence-corrected chi connectivity index (χ0v) is 50.0. The van der Waals surface area contributed by atoms with Crippen LogP contribution in [0.25, 0.3) is 116 Å². The maximum atomic E-state index is 5.22. The molecule has 4 aliphatic carbocycles. The van der Waals surface area contributed by atoms with Gasteiger partial charge in [0.1, 0.15) is 11.0 Å². The molecule has 0 unspecified atom stereocenters. The highest BCUT2D eigenvalue weighted by Crippen LogP contribution is 2.65. The summed E-state index contributed by atoms with van der Waals surface area (Å²) in [6, 6.07) is 118. The Labute approximate surface area is 530 Å². The molecule has 0 amide bonds. The van der Waals surface area contributed by atoms with E-state index in [0.29, 0.717) is 0 Å². The standard InChI is InChI=1S/C86H52N4S/c1-2-19-57(20-3-1)90-79-35-17-10-27-70(79)82-68(28-18-36-80(82)90)69-49-50-81(84-83(69)87-91-88-84)89(58-43-37-53(38-44-58)55-41-47-66-64-25-8-15-33-75(64)85(77(66)51-55)71-29-11-4-21-60(71)61-22-5-12-30-72(61)85)59-45-39-54(40-46-59)56-42-48-67-65-26-9-16-34-76(65)86(78(67)52-56)73-31-13-6-23-62(73)63-24-7-14-32-74(63)86/h1-52H. The van der Waals surface area contributed by atoms with E-state index < -0.39 is 10.8 Å². The van der Waals surface area contributed by atoms with Gasteiger partial charge < -0.3 is 9.47 Å². The largest absolute Gasteiger partial charge is 0.309 e. The van der Waals surface area contributed by atoms with Crippen molar-refractivity contribution in [3.05, 3.63) is 360 Å². The second kappa shape index (κ2) is 19.0. The minimum absolute atomic E-state index is 0.429. The number of hydrogen-bond acceptors (Lipinski definition) is 4. The average Bonchev–Trinajstić information content (AvgIpc) is 1.53. The van der Waals surface area contributed by atoms with Crippen molar-refractivity contribution in [1.82, 2.24) is 13.3 Å². The highest BCUT2D eigenvalue weighted by atomic mass is 32.1. The van der Waals surface area contributed by atoms with Crippen LogP contribution in [-0.2, 0) is 10.8 Å². The van der Waals surface area contributed by atoms with Crippen LogP contribution in [0, 0.1) is 0 Å². The zero-order valence-electron chi connectivity index (χ0n) is 49.2. The van der Waals surface area contributed by atoms with E-state index in [4.69, 9.17) is 8.75 Å². The van der Waals surface area contributed by atoms with Gasteiger partial charge in [0.25, 0.3) is 0 Å². The Hall–Kier alpha value is -11.5. The third-order valence-corrected chi connectivity index (χ3v) is 21.1. The molecule has 0 saturated heterocycles. The van der Waals surface area contributed by atoms with Crippen molar-refractivity contribution in [1.29, 1.82) is 0 Å². The molecule has 0 atom stereocenters. The molecule has 422 valence electrons. The Morgan fingerprint density at radius 1 is 0.275 bits per heavy atom. The summed E-state index contributed by atoms with van der Waals surface area (Å²) in [6.07, 6.45) is 0. The average molecular weight is 1170 g/mol. The Bertz CT molecular complexity index is 5370. The maximum absolute atomic E-state index is 5.22. The second-order valence-corrected chi connectivity index (χ2v) is 25.2. The quantitative estimate of drug-likeness (QED) is 0.159. The number of anilines is 3. The number of aromatic nitrogens is 3. The van der Waals surface area contributed by atoms with Gasteiger partial charge in [0.05, 0.1) is 39.3 Å². The van der Waals surface area contributed by atoms with E-state index in [1.54, 1.807) is 0 Å². The molecule has 0 radical (unpaired) electrons. The Kier molecular flexibility index (Phi) is 10.5. The molecule has 0 saturated carbocycles. The number of rotatable bonds is 7. The van der Waals surface area contributed by atoms with Crippen LogP contribution in [0.15, 0.2) is 315 Å². The van der Waals surface area contributed by atoms with E-state index in [-0.39, 0.29) is 0 Å². The molecule has 2 heterocycles. The fourth-order valence-corrected chi connectivity index (χ4v) is 17.5. The number of hydrogen-bond donors (Lipinski definition) is 0. The zero-order chi connectivity index (χ0) is 59.5. The molecular formula is C86H52N4S. The van der Waals surface area contributed by atoms with Crippen molar-refractivity contribution in [3.8, 4) is 83.6 Å². The monoisotopic (exact) mass is 1170 g/mol. The first-order chi connectivity index (χ1) is 45.2. The lowest BCUT2D eigenvalue weighted by Gasteiger charge is -2.30. The summed E-state index contributed by atoms with van der Waals surface area (Å²) in [6.45, 7) is 0. The van der Waals surface area contributed by atoms with Crippen LogP contribution in [0.5, 0.6) is 0 Å². The number of benzene rings is 14. The molecule has 20 rings (SSSR count). The fourth-order valence-electron chi connectivity index (χ4n) is 16.9. The van der Waals surface area contributed by atoms with Gasteiger partial charge in [-0.15, -0.1) is 0 Å². The smallest absolute Gasteiger partial charge is 0.129 e. The molecular weight excluding hydrogens is 1120 g/mol. The predicted molar refractivity (Wildman–Crippen MR) is 375 cm³/mol. The molecule has 5 heteroatoms. The van der Waals surface area contributed by atoms with Crippen molar-refractivity contribution in [2.75, 3.05) is 4.90 Å². The van der Waals surface area contributed by atoms with Crippen LogP contribution in [0.2, 0.25) is 0 Å². The van der Waals surface area contributed by atoms with Crippen molar-refractivity contribution in [2.45, 2.75) is 10.8 Å². The molecule has 4 nitrogen and oxygen atoms in total. The first-order valence-electron chi connectivity index (χ1n) is 31.4. The van der Waals surface area contributed by atoms with E-state index in [9.17, 15) is 0 Å². The third-order valence-electron chi connectivity index (χ3n) is 20.5. The minimum Gasteiger partial charge on any atom is -0.309 e. The van der Waals surface area contributed by atoms with Gasteiger partial charge in [0.15, 0.2) is 0 Å². The van der Waals surface area contributed by atoms with Crippen molar-refractivity contribution < 1.29 is 0 Å². The molecule has 4 aliphatic rings. The Balaban J connectivity index is 0.738. The number of fused-ring (bicyclic) bond motifs is 24. The Morgan fingerprint density at radius 3 is 1.13 bits per heavy atom. The van der Waals surface area contributed by atoms with Crippen LogP contribution in [-0.4, -0.2) is 13.3 Å². The Morgan fingerprint density at radius 2 is 0.648 bits per heavy atom. The lowest BCUT2D eigenvalue weighted by molar-refractivity contribution is 0.794. The molecule has 0 bridgehead atoms. The first-order valence-corrected chi connectivity index (χ1v) is 32.1. The molecule has 2 spiro atoms. The topological polar surface area (TPSA) is 34.0 Å². The van der Waals surface area contributed by atoms with E-state index in [0.717, 1.165) is 67.1 Å². The lowest BCUT2D eigenvalue weighted by Crippen LogP contribution is -2.25. The fraction of sp³-hybridized carbons (Fsp3) is 0.0233. The maximum Gasteiger partial charge on any atom is 0.129 e. The summed E-state index contributed by atoms with van der Waals surface area (Å²) in [5, 5.41) is 2.39. The van der Waals surface area contributed by atoms with Crippen molar-refractivity contribution in [3.63, 3.8) is 0 Å². The molecule has 0 N–H and O–H groups in total. The molecule has 16 aromatic rings. The molecule has 0 aliphatic heterocycles. The highest BCUT2D eigenvalue weighted by Gasteiger charge is 2.53. The number of para-hydroxylation sites is 2. The van der Waals surface area contributed by atoms with Gasteiger partial charge in [-0.2, -0.15) is 8.75 Å². The summed E-state index contributed by atoms with van der Waals surface area (Å²) in [7, 11) is 0. The van der Waals surface area contributed by atoms with Gasteiger partial charge in [0.2, 0.25) is 0 Å². The minimum atomic E-state index is -0.429. The van der Waals surface area contributed by atoms with E-state index >= 15 is 0 Å². The van der Waals surface area contributed by atoms with Gasteiger partial charge >= 0.3 is 0 Å². The van der Waals surface area contributed by atoms with Crippen LogP contribution in [0.3, 0.4) is 0 Å². The summed E-state index contributed by atoms with van der Waals surface area (Å²) < 4.78 is 12.8. The van der Waals surface area contributed by atoms with Gasteiger partial charge in [-0.25, -0.2) is 0 Å². The summed E-state index contributed by atoms with van der Waals surface area (Å²) >= 11 is 1.27. The van der Waals surface area contributed by atoms with Gasteiger partial charge in [-0.3, -0.25) is 0 Å². The van der Waals surface area contributed by atoms with Crippen LogP contribution in [0.4, 0.5) is 17.1 Å². The van der Waals surface area contributed by atoms with Crippen LogP contribution < -0.4 is 4.90 Å². The van der Waals surface area contributed by atoms with Crippen molar-refractivity contribution in [2.24, 2.45) is 0 Å². The van der Waals surface area contributed by atoms with E-state index in [1.165, 1.54) is 123 Å². The first kappa shape index (κ1) is 50.5. The molecule has 14 aromatic carbocycles. The van der Waals surface area contributed by atoms with Gasteiger partial charge in [-0.05, 0) is 190 Å². The normalized spacial score (nSPS) is 13.7. The summed E-state index contributed by atoms with van der Waals surface area (Å²) in [5.74, 6) is 0. The summed E-state index contributed by atoms with van der Waals surface area (Å²) in [5.41, 5.74) is 35.3.